The van der Waals surface area contributed by atoms with Crippen molar-refractivity contribution in [2.24, 2.45) is 0 Å². The third kappa shape index (κ3) is 5.21. The Morgan fingerprint density at radius 2 is 1.37 bits per heavy atom. The Labute approximate surface area is 179 Å². The van der Waals surface area contributed by atoms with E-state index in [1.54, 1.807) is 48.5 Å². The van der Waals surface area contributed by atoms with Gasteiger partial charge in [-0.3, -0.25) is 4.79 Å². The Hall–Kier alpha value is -3.71. The van der Waals surface area contributed by atoms with E-state index < -0.39 is 0 Å². The van der Waals surface area contributed by atoms with E-state index in [0.717, 1.165) is 0 Å². The van der Waals surface area contributed by atoms with Crippen molar-refractivity contribution < 1.29 is 19.1 Å². The number of rotatable bonds is 6. The number of nitrogens with one attached hydrogen (secondary N) is 3. The van der Waals surface area contributed by atoms with Gasteiger partial charge in [-0.25, -0.2) is 4.79 Å². The molecular weight excluding hydrogens is 406 g/mol. The summed E-state index contributed by atoms with van der Waals surface area (Å²) in [7, 11) is 2.98. The van der Waals surface area contributed by atoms with Crippen LogP contribution in [0.25, 0.3) is 0 Å². The second kappa shape index (κ2) is 9.67. The van der Waals surface area contributed by atoms with Gasteiger partial charge in [-0.2, -0.15) is 0 Å². The molecule has 30 heavy (non-hydrogen) atoms. The maximum atomic E-state index is 12.6. The van der Waals surface area contributed by atoms with Crippen LogP contribution < -0.4 is 25.4 Å². The summed E-state index contributed by atoms with van der Waals surface area (Å²) in [4.78, 5) is 24.6. The number of para-hydroxylation sites is 1. The van der Waals surface area contributed by atoms with Gasteiger partial charge in [-0.15, -0.1) is 0 Å². The molecule has 8 heteroatoms. The highest BCUT2D eigenvalue weighted by atomic mass is 35.5. The van der Waals surface area contributed by atoms with Crippen LogP contribution in [0.4, 0.5) is 21.9 Å². The first kappa shape index (κ1) is 21.0. The number of halogens is 1. The lowest BCUT2D eigenvalue weighted by Gasteiger charge is -2.13. The number of carbonyl (C=O) groups is 2. The summed E-state index contributed by atoms with van der Waals surface area (Å²) in [5, 5.41) is 8.54. The molecule has 3 rings (SSSR count). The standard InChI is InChI=1S/C22H20ClN3O4/c1-29-19-13-20(30-2)18(12-17(19)23)26-21(27)14-8-10-16(11-9-14)25-22(28)24-15-6-4-3-5-7-15/h3-13H,1-2H3,(H,26,27)(H2,24,25,28). The number of urea groups is 1. The largest absolute Gasteiger partial charge is 0.495 e. The van der Waals surface area contributed by atoms with Gasteiger partial charge in [0.15, 0.2) is 0 Å². The van der Waals surface area contributed by atoms with Gasteiger partial charge < -0.3 is 25.4 Å². The van der Waals surface area contributed by atoms with Gasteiger partial charge in [-0.1, -0.05) is 29.8 Å². The van der Waals surface area contributed by atoms with Gasteiger partial charge in [0.1, 0.15) is 11.5 Å². The van der Waals surface area contributed by atoms with Crippen LogP contribution in [0, 0.1) is 0 Å². The quantitative estimate of drug-likeness (QED) is 0.503. The Morgan fingerprint density at radius 1 is 0.767 bits per heavy atom. The molecule has 3 amide bonds. The van der Waals surface area contributed by atoms with E-state index >= 15 is 0 Å². The number of ether oxygens (including phenoxy) is 2. The van der Waals surface area contributed by atoms with Crippen molar-refractivity contribution in [3.63, 3.8) is 0 Å². The van der Waals surface area contributed by atoms with Gasteiger partial charge >= 0.3 is 6.03 Å². The Morgan fingerprint density at radius 3 is 1.97 bits per heavy atom. The molecule has 3 aromatic rings. The molecule has 0 atom stereocenters. The average Bonchev–Trinajstić information content (AvgIpc) is 2.75. The smallest absolute Gasteiger partial charge is 0.323 e. The molecule has 0 heterocycles. The van der Waals surface area contributed by atoms with Crippen LogP contribution in [-0.4, -0.2) is 26.2 Å². The lowest BCUT2D eigenvalue weighted by atomic mass is 10.2. The highest BCUT2D eigenvalue weighted by molar-refractivity contribution is 6.32. The third-order valence-corrected chi connectivity index (χ3v) is 4.45. The molecule has 0 fully saturated rings. The molecule has 0 spiro atoms. The molecule has 7 nitrogen and oxygen atoms in total. The Balaban J connectivity index is 1.65. The molecule has 0 bridgehead atoms. The normalized spacial score (nSPS) is 10.1. The summed E-state index contributed by atoms with van der Waals surface area (Å²) in [6, 6.07) is 18.3. The van der Waals surface area contributed by atoms with E-state index in [2.05, 4.69) is 16.0 Å². The summed E-state index contributed by atoms with van der Waals surface area (Å²) in [6.07, 6.45) is 0. The molecule has 0 unspecified atom stereocenters. The van der Waals surface area contributed by atoms with Crippen LogP contribution in [-0.2, 0) is 0 Å². The van der Waals surface area contributed by atoms with Gasteiger partial charge in [0.25, 0.3) is 5.91 Å². The van der Waals surface area contributed by atoms with Gasteiger partial charge in [0.2, 0.25) is 0 Å². The van der Waals surface area contributed by atoms with E-state index in [1.807, 2.05) is 18.2 Å². The summed E-state index contributed by atoms with van der Waals surface area (Å²) < 4.78 is 10.4. The fraction of sp³-hybridized carbons (Fsp3) is 0.0909. The maximum absolute atomic E-state index is 12.6. The molecule has 0 aromatic heterocycles. The fourth-order valence-electron chi connectivity index (χ4n) is 2.67. The van der Waals surface area contributed by atoms with Crippen molar-refractivity contribution in [3.8, 4) is 11.5 Å². The number of amides is 3. The highest BCUT2D eigenvalue weighted by Crippen LogP contribution is 2.36. The van der Waals surface area contributed by atoms with Crippen LogP contribution >= 0.6 is 11.6 Å². The molecule has 0 aliphatic carbocycles. The lowest BCUT2D eigenvalue weighted by molar-refractivity contribution is 0.102. The molecule has 0 saturated heterocycles. The molecule has 3 aromatic carbocycles. The van der Waals surface area contributed by atoms with E-state index in [4.69, 9.17) is 21.1 Å². The maximum Gasteiger partial charge on any atom is 0.323 e. The number of carbonyl (C=O) groups excluding carboxylic acids is 2. The van der Waals surface area contributed by atoms with Crippen molar-refractivity contribution in [1.82, 2.24) is 0 Å². The van der Waals surface area contributed by atoms with E-state index in [1.165, 1.54) is 14.2 Å². The molecule has 0 aliphatic rings. The second-order valence-electron chi connectivity index (χ2n) is 6.16. The van der Waals surface area contributed by atoms with Crippen molar-refractivity contribution >= 4 is 40.6 Å². The third-order valence-electron chi connectivity index (χ3n) is 4.16. The van der Waals surface area contributed by atoms with Crippen LogP contribution in [0.1, 0.15) is 10.4 Å². The number of anilines is 3. The van der Waals surface area contributed by atoms with E-state index in [-0.39, 0.29) is 11.9 Å². The summed E-state index contributed by atoms with van der Waals surface area (Å²) >= 11 is 6.14. The lowest BCUT2D eigenvalue weighted by Crippen LogP contribution is -2.19. The van der Waals surface area contributed by atoms with Crippen LogP contribution in [0.5, 0.6) is 11.5 Å². The second-order valence-corrected chi connectivity index (χ2v) is 6.57. The first-order chi connectivity index (χ1) is 14.5. The predicted molar refractivity (Wildman–Crippen MR) is 118 cm³/mol. The van der Waals surface area contributed by atoms with Crippen molar-refractivity contribution in [3.05, 3.63) is 77.3 Å². The number of hydrogen-bond acceptors (Lipinski definition) is 4. The minimum Gasteiger partial charge on any atom is -0.495 e. The van der Waals surface area contributed by atoms with Crippen molar-refractivity contribution in [1.29, 1.82) is 0 Å². The first-order valence-electron chi connectivity index (χ1n) is 8.96. The van der Waals surface area contributed by atoms with Crippen molar-refractivity contribution in [2.45, 2.75) is 0 Å². The number of benzene rings is 3. The predicted octanol–water partition coefficient (Wildman–Crippen LogP) is 5.25. The SMILES string of the molecule is COc1cc(OC)c(NC(=O)c2ccc(NC(=O)Nc3ccccc3)cc2)cc1Cl. The van der Waals surface area contributed by atoms with Crippen LogP contribution in [0.15, 0.2) is 66.7 Å². The topological polar surface area (TPSA) is 88.7 Å². The van der Waals surface area contributed by atoms with E-state index in [0.29, 0.717) is 39.1 Å². The molecule has 0 saturated carbocycles. The van der Waals surface area contributed by atoms with E-state index in [9.17, 15) is 9.59 Å². The fourth-order valence-corrected chi connectivity index (χ4v) is 2.91. The monoisotopic (exact) mass is 425 g/mol. The average molecular weight is 426 g/mol. The zero-order chi connectivity index (χ0) is 21.5. The first-order valence-corrected chi connectivity index (χ1v) is 9.34. The molecule has 154 valence electrons. The zero-order valence-electron chi connectivity index (χ0n) is 16.4. The molecule has 3 N–H and O–H groups in total. The minimum atomic E-state index is -0.379. The molecule has 0 aliphatic heterocycles. The van der Waals surface area contributed by atoms with Gasteiger partial charge in [0.05, 0.1) is 24.9 Å². The van der Waals surface area contributed by atoms with Crippen molar-refractivity contribution in [2.75, 3.05) is 30.2 Å². The van der Waals surface area contributed by atoms with Crippen LogP contribution in [0.3, 0.4) is 0 Å². The van der Waals surface area contributed by atoms with Crippen LogP contribution in [0.2, 0.25) is 5.02 Å². The Bertz CT molecular complexity index is 1040. The summed E-state index contributed by atoms with van der Waals surface area (Å²) in [5.74, 6) is 0.506. The number of hydrogen-bond donors (Lipinski definition) is 3. The molecular formula is C22H20ClN3O4. The Kier molecular flexibility index (Phi) is 6.77. The number of methoxy groups -OCH3 is 2. The zero-order valence-corrected chi connectivity index (χ0v) is 17.1. The van der Waals surface area contributed by atoms with Gasteiger partial charge in [0, 0.05) is 23.0 Å². The molecule has 0 radical (unpaired) electrons. The highest BCUT2D eigenvalue weighted by Gasteiger charge is 2.14. The summed E-state index contributed by atoms with van der Waals surface area (Å²) in [6.45, 7) is 0. The minimum absolute atomic E-state index is 0.345. The van der Waals surface area contributed by atoms with Gasteiger partial charge in [-0.05, 0) is 42.5 Å². The summed E-state index contributed by atoms with van der Waals surface area (Å²) in [5.41, 5.74) is 2.04.